The van der Waals surface area contributed by atoms with Gasteiger partial charge >= 0.3 is 0 Å². The molecule has 96 valence electrons. The van der Waals surface area contributed by atoms with Gasteiger partial charge in [0.05, 0.1) is 0 Å². The molecule has 4 rings (SSSR count). The number of halogens is 1. The van der Waals surface area contributed by atoms with E-state index >= 15 is 0 Å². The molecule has 0 aliphatic heterocycles. The molecule has 4 aromatic rings. The third-order valence-corrected chi connectivity index (χ3v) is 3.68. The molecule has 20 heavy (non-hydrogen) atoms. The van der Waals surface area contributed by atoms with E-state index in [9.17, 15) is 4.39 Å². The number of hydrogen-bond donors (Lipinski definition) is 1. The molecule has 0 saturated heterocycles. The van der Waals surface area contributed by atoms with Crippen LogP contribution in [0.3, 0.4) is 0 Å². The summed E-state index contributed by atoms with van der Waals surface area (Å²) in [5, 5.41) is 2.41. The molecule has 3 aromatic carbocycles. The summed E-state index contributed by atoms with van der Waals surface area (Å²) in [7, 11) is 0. The number of hydrogen-bond acceptors (Lipinski definition) is 0. The van der Waals surface area contributed by atoms with Crippen LogP contribution < -0.4 is 0 Å². The third-order valence-electron chi connectivity index (χ3n) is 3.68. The van der Waals surface area contributed by atoms with Gasteiger partial charge in [0.25, 0.3) is 0 Å². The molecule has 0 atom stereocenters. The minimum Gasteiger partial charge on any atom is -0.355 e. The van der Waals surface area contributed by atoms with Gasteiger partial charge in [-0.15, -0.1) is 0 Å². The number of para-hydroxylation sites is 1. The fourth-order valence-electron chi connectivity index (χ4n) is 2.67. The predicted octanol–water partition coefficient (Wildman–Crippen LogP) is 5.13. The highest BCUT2D eigenvalue weighted by Crippen LogP contribution is 2.29. The van der Waals surface area contributed by atoms with Crippen LogP contribution in [0, 0.1) is 5.82 Å². The van der Waals surface area contributed by atoms with Gasteiger partial charge in [-0.25, -0.2) is 4.39 Å². The van der Waals surface area contributed by atoms with Gasteiger partial charge in [-0.2, -0.15) is 0 Å². The van der Waals surface area contributed by atoms with Gasteiger partial charge in [-0.05, 0) is 41.5 Å². The normalized spacial score (nSPS) is 11.2. The van der Waals surface area contributed by atoms with E-state index in [4.69, 9.17) is 0 Å². The first-order valence-corrected chi connectivity index (χ1v) is 6.58. The highest BCUT2D eigenvalue weighted by atomic mass is 19.1. The highest BCUT2D eigenvalue weighted by molar-refractivity contribution is 6.08. The fourth-order valence-corrected chi connectivity index (χ4v) is 2.67. The molecule has 0 spiro atoms. The molecule has 0 bridgehead atoms. The van der Waals surface area contributed by atoms with Crippen molar-refractivity contribution in [1.29, 1.82) is 0 Å². The molecule has 2 heteroatoms. The van der Waals surface area contributed by atoms with Crippen molar-refractivity contribution in [2.24, 2.45) is 0 Å². The van der Waals surface area contributed by atoms with Crippen molar-refractivity contribution >= 4 is 21.8 Å². The molecule has 0 amide bonds. The van der Waals surface area contributed by atoms with Crippen LogP contribution in [0.2, 0.25) is 0 Å². The Bertz CT molecular complexity index is 904. The molecule has 0 unspecified atom stereocenters. The standard InChI is InChI=1S/C18H12FN/c19-14-8-5-12(6-9-14)13-7-10-18-16(11-13)15-3-1-2-4-17(15)20-18/h1-11,20H. The lowest BCUT2D eigenvalue weighted by Gasteiger charge is -2.02. The summed E-state index contributed by atoms with van der Waals surface area (Å²) in [6, 6.07) is 21.2. The Kier molecular flexibility index (Phi) is 2.36. The fraction of sp³-hybridized carbons (Fsp3) is 0. The van der Waals surface area contributed by atoms with Crippen molar-refractivity contribution in [3.05, 3.63) is 72.5 Å². The lowest BCUT2D eigenvalue weighted by Crippen LogP contribution is -1.79. The van der Waals surface area contributed by atoms with Crippen molar-refractivity contribution < 1.29 is 4.39 Å². The average molecular weight is 261 g/mol. The van der Waals surface area contributed by atoms with E-state index in [1.54, 1.807) is 0 Å². The molecule has 0 fully saturated rings. The Balaban J connectivity index is 1.97. The van der Waals surface area contributed by atoms with Gasteiger partial charge in [0.2, 0.25) is 0 Å². The first kappa shape index (κ1) is 11.2. The summed E-state index contributed by atoms with van der Waals surface area (Å²) in [6.07, 6.45) is 0. The van der Waals surface area contributed by atoms with Crippen LogP contribution in [0.5, 0.6) is 0 Å². The van der Waals surface area contributed by atoms with Crippen LogP contribution in [0.4, 0.5) is 4.39 Å². The van der Waals surface area contributed by atoms with E-state index in [2.05, 4.69) is 35.3 Å². The predicted molar refractivity (Wildman–Crippen MR) is 81.2 cm³/mol. The van der Waals surface area contributed by atoms with Crippen LogP contribution in [-0.2, 0) is 0 Å². The molecule has 1 N–H and O–H groups in total. The Hall–Kier alpha value is -2.61. The first-order valence-electron chi connectivity index (χ1n) is 6.58. The monoisotopic (exact) mass is 261 g/mol. The quantitative estimate of drug-likeness (QED) is 0.489. The lowest BCUT2D eigenvalue weighted by molar-refractivity contribution is 0.628. The van der Waals surface area contributed by atoms with Crippen LogP contribution in [0.25, 0.3) is 32.9 Å². The van der Waals surface area contributed by atoms with Gasteiger partial charge < -0.3 is 4.98 Å². The van der Waals surface area contributed by atoms with E-state index in [-0.39, 0.29) is 5.82 Å². The molecule has 1 nitrogen and oxygen atoms in total. The largest absolute Gasteiger partial charge is 0.355 e. The molecular formula is C18H12FN. The minimum atomic E-state index is -0.207. The number of benzene rings is 3. The SMILES string of the molecule is Fc1ccc(-c2ccc3[nH]c4ccccc4c3c2)cc1. The summed E-state index contributed by atoms with van der Waals surface area (Å²) in [5.74, 6) is -0.207. The van der Waals surface area contributed by atoms with Crippen molar-refractivity contribution in [3.8, 4) is 11.1 Å². The van der Waals surface area contributed by atoms with Crippen LogP contribution in [-0.4, -0.2) is 4.98 Å². The molecule has 0 aliphatic rings. The summed E-state index contributed by atoms with van der Waals surface area (Å²) in [6.45, 7) is 0. The zero-order valence-corrected chi connectivity index (χ0v) is 10.7. The summed E-state index contributed by atoms with van der Waals surface area (Å²) in [4.78, 5) is 3.41. The second-order valence-corrected chi connectivity index (χ2v) is 4.94. The van der Waals surface area contributed by atoms with Gasteiger partial charge in [-0.1, -0.05) is 36.4 Å². The maximum absolute atomic E-state index is 13.0. The molecule has 0 saturated carbocycles. The second kappa shape index (κ2) is 4.20. The number of H-pyrrole nitrogens is 1. The average Bonchev–Trinajstić information content (AvgIpc) is 2.86. The molecular weight excluding hydrogens is 249 g/mol. The maximum atomic E-state index is 13.0. The number of nitrogens with one attached hydrogen (secondary N) is 1. The Morgan fingerprint density at radius 2 is 1.35 bits per heavy atom. The van der Waals surface area contributed by atoms with Crippen LogP contribution >= 0.6 is 0 Å². The number of aromatic amines is 1. The van der Waals surface area contributed by atoms with E-state index in [0.717, 1.165) is 22.2 Å². The van der Waals surface area contributed by atoms with Gasteiger partial charge in [0.15, 0.2) is 0 Å². The van der Waals surface area contributed by atoms with Crippen LogP contribution in [0.15, 0.2) is 66.7 Å². The Morgan fingerprint density at radius 1 is 0.650 bits per heavy atom. The van der Waals surface area contributed by atoms with E-state index < -0.39 is 0 Å². The van der Waals surface area contributed by atoms with E-state index in [1.165, 1.54) is 22.9 Å². The molecule has 0 aliphatic carbocycles. The highest BCUT2D eigenvalue weighted by Gasteiger charge is 2.05. The maximum Gasteiger partial charge on any atom is 0.123 e. The zero-order valence-electron chi connectivity index (χ0n) is 10.7. The number of rotatable bonds is 1. The van der Waals surface area contributed by atoms with Crippen LogP contribution in [0.1, 0.15) is 0 Å². The minimum absolute atomic E-state index is 0.207. The van der Waals surface area contributed by atoms with E-state index in [1.807, 2.05) is 24.3 Å². The number of fused-ring (bicyclic) bond motifs is 3. The zero-order chi connectivity index (χ0) is 13.5. The molecule has 0 radical (unpaired) electrons. The lowest BCUT2D eigenvalue weighted by atomic mass is 10.0. The van der Waals surface area contributed by atoms with E-state index in [0.29, 0.717) is 0 Å². The van der Waals surface area contributed by atoms with Crippen molar-refractivity contribution in [3.63, 3.8) is 0 Å². The Morgan fingerprint density at radius 3 is 2.20 bits per heavy atom. The summed E-state index contributed by atoms with van der Waals surface area (Å²) < 4.78 is 13.0. The van der Waals surface area contributed by atoms with Crippen molar-refractivity contribution in [1.82, 2.24) is 4.98 Å². The Labute approximate surface area is 115 Å². The van der Waals surface area contributed by atoms with Gasteiger partial charge in [0.1, 0.15) is 5.82 Å². The van der Waals surface area contributed by atoms with Crippen molar-refractivity contribution in [2.45, 2.75) is 0 Å². The first-order chi connectivity index (χ1) is 9.81. The smallest absolute Gasteiger partial charge is 0.123 e. The second-order valence-electron chi connectivity index (χ2n) is 4.94. The number of aromatic nitrogens is 1. The molecule has 1 aromatic heterocycles. The summed E-state index contributed by atoms with van der Waals surface area (Å²) >= 11 is 0. The third kappa shape index (κ3) is 1.69. The van der Waals surface area contributed by atoms with Crippen molar-refractivity contribution in [2.75, 3.05) is 0 Å². The van der Waals surface area contributed by atoms with Gasteiger partial charge in [0, 0.05) is 21.8 Å². The topological polar surface area (TPSA) is 15.8 Å². The van der Waals surface area contributed by atoms with Gasteiger partial charge in [-0.3, -0.25) is 0 Å². The molecule has 1 heterocycles. The summed E-state index contributed by atoms with van der Waals surface area (Å²) in [5.41, 5.74) is 4.39.